The van der Waals surface area contributed by atoms with E-state index in [1.54, 1.807) is 19.2 Å². The van der Waals surface area contributed by atoms with Crippen LogP contribution in [0.4, 0.5) is 5.69 Å². The number of nitrogens with two attached hydrogens (primary N) is 1. The van der Waals surface area contributed by atoms with Crippen LogP contribution in [-0.2, 0) is 11.2 Å². The molecular formula is C15H24N2O5. The van der Waals surface area contributed by atoms with Gasteiger partial charge >= 0.3 is 0 Å². The number of benzene rings is 1. The first kappa shape index (κ1) is 18.1. The van der Waals surface area contributed by atoms with Gasteiger partial charge < -0.3 is 30.3 Å². The Morgan fingerprint density at radius 1 is 1.14 bits per heavy atom. The molecule has 7 nitrogen and oxygen atoms in total. The third-order valence-electron chi connectivity index (χ3n) is 3.33. The molecule has 0 saturated heterocycles. The molecule has 0 spiro atoms. The molecule has 0 aliphatic carbocycles. The zero-order chi connectivity index (χ0) is 16.5. The number of methoxy groups -OCH3 is 2. The van der Waals surface area contributed by atoms with Crippen LogP contribution in [0.3, 0.4) is 0 Å². The first-order valence-corrected chi connectivity index (χ1v) is 7.07. The summed E-state index contributed by atoms with van der Waals surface area (Å²) in [5, 5.41) is 17.9. The highest BCUT2D eigenvalue weighted by Gasteiger charge is 2.15. The summed E-state index contributed by atoms with van der Waals surface area (Å²) in [6.45, 7) is 0.150. The molecule has 0 heterocycles. The Hall–Kier alpha value is -1.99. The number of amides is 1. The second-order valence-electron chi connectivity index (χ2n) is 4.73. The summed E-state index contributed by atoms with van der Waals surface area (Å²) in [4.78, 5) is 13.5. The van der Waals surface area contributed by atoms with Gasteiger partial charge in [0, 0.05) is 25.6 Å². The van der Waals surface area contributed by atoms with Crippen molar-refractivity contribution in [1.29, 1.82) is 0 Å². The molecule has 124 valence electrons. The molecule has 0 unspecified atom stereocenters. The summed E-state index contributed by atoms with van der Waals surface area (Å²) in [7, 11) is 3.07. The molecule has 0 aliphatic heterocycles. The van der Waals surface area contributed by atoms with Gasteiger partial charge in [0.2, 0.25) is 5.91 Å². The number of anilines is 1. The number of nitrogens with zero attached hydrogens (tertiary/aromatic N) is 1. The minimum absolute atomic E-state index is 0.134. The zero-order valence-corrected chi connectivity index (χ0v) is 13.0. The molecule has 0 aliphatic rings. The third kappa shape index (κ3) is 4.78. The fourth-order valence-electron chi connectivity index (χ4n) is 2.19. The quantitative estimate of drug-likeness (QED) is 0.556. The number of carbonyl (C=O) groups excluding carboxylic acids is 1. The van der Waals surface area contributed by atoms with Crippen LogP contribution in [-0.4, -0.2) is 61.5 Å². The van der Waals surface area contributed by atoms with Crippen molar-refractivity contribution in [1.82, 2.24) is 4.90 Å². The van der Waals surface area contributed by atoms with Gasteiger partial charge in [-0.3, -0.25) is 4.79 Å². The lowest BCUT2D eigenvalue weighted by Crippen LogP contribution is -2.36. The van der Waals surface area contributed by atoms with Crippen LogP contribution in [0.25, 0.3) is 0 Å². The number of aryl methyl sites for hydroxylation is 1. The van der Waals surface area contributed by atoms with E-state index in [1.807, 2.05) is 0 Å². The highest BCUT2D eigenvalue weighted by molar-refractivity contribution is 5.76. The maximum absolute atomic E-state index is 12.1. The normalized spacial score (nSPS) is 10.4. The molecule has 7 heteroatoms. The van der Waals surface area contributed by atoms with E-state index in [0.29, 0.717) is 23.6 Å². The topological polar surface area (TPSA) is 105 Å². The van der Waals surface area contributed by atoms with E-state index in [0.717, 1.165) is 5.56 Å². The van der Waals surface area contributed by atoms with E-state index >= 15 is 0 Å². The molecule has 0 fully saturated rings. The van der Waals surface area contributed by atoms with Gasteiger partial charge in [-0.2, -0.15) is 0 Å². The summed E-state index contributed by atoms with van der Waals surface area (Å²) in [5.74, 6) is 0.989. The minimum Gasteiger partial charge on any atom is -0.496 e. The molecule has 22 heavy (non-hydrogen) atoms. The Labute approximate surface area is 130 Å². The number of hydrogen-bond acceptors (Lipinski definition) is 6. The van der Waals surface area contributed by atoms with Crippen molar-refractivity contribution < 1.29 is 24.5 Å². The summed E-state index contributed by atoms with van der Waals surface area (Å²) >= 11 is 0. The number of aliphatic hydroxyl groups is 2. The first-order chi connectivity index (χ1) is 10.6. The zero-order valence-electron chi connectivity index (χ0n) is 13.0. The van der Waals surface area contributed by atoms with Gasteiger partial charge in [0.1, 0.15) is 11.5 Å². The van der Waals surface area contributed by atoms with Gasteiger partial charge in [-0.1, -0.05) is 0 Å². The Morgan fingerprint density at radius 2 is 1.73 bits per heavy atom. The second kappa shape index (κ2) is 9.11. The summed E-state index contributed by atoms with van der Waals surface area (Å²) < 4.78 is 10.4. The lowest BCUT2D eigenvalue weighted by molar-refractivity contribution is -0.132. The molecule has 1 aromatic carbocycles. The van der Waals surface area contributed by atoms with Crippen molar-refractivity contribution in [2.75, 3.05) is 46.3 Å². The Morgan fingerprint density at radius 3 is 2.23 bits per heavy atom. The van der Waals surface area contributed by atoms with Gasteiger partial charge in [-0.15, -0.1) is 0 Å². The van der Waals surface area contributed by atoms with E-state index < -0.39 is 0 Å². The number of carbonyl (C=O) groups is 1. The summed E-state index contributed by atoms with van der Waals surface area (Å²) in [5.41, 5.74) is 7.16. The van der Waals surface area contributed by atoms with Crippen molar-refractivity contribution in [3.63, 3.8) is 0 Å². The highest BCUT2D eigenvalue weighted by atomic mass is 16.5. The van der Waals surface area contributed by atoms with E-state index in [-0.39, 0.29) is 38.6 Å². The molecule has 0 saturated carbocycles. The van der Waals surface area contributed by atoms with Gasteiger partial charge in [-0.25, -0.2) is 0 Å². The van der Waals surface area contributed by atoms with Crippen LogP contribution < -0.4 is 15.2 Å². The summed E-state index contributed by atoms with van der Waals surface area (Å²) in [6.07, 6.45) is 0.686. The van der Waals surface area contributed by atoms with Crippen LogP contribution >= 0.6 is 0 Å². The molecular weight excluding hydrogens is 288 g/mol. The van der Waals surface area contributed by atoms with Crippen molar-refractivity contribution in [3.05, 3.63) is 17.7 Å². The monoisotopic (exact) mass is 312 g/mol. The van der Waals surface area contributed by atoms with Crippen molar-refractivity contribution in [2.45, 2.75) is 12.8 Å². The second-order valence-corrected chi connectivity index (χ2v) is 4.73. The van der Waals surface area contributed by atoms with Crippen LogP contribution in [0.15, 0.2) is 12.1 Å². The predicted octanol–water partition coefficient (Wildman–Crippen LogP) is 0.0318. The number of hydrogen-bond donors (Lipinski definition) is 3. The van der Waals surface area contributed by atoms with Crippen molar-refractivity contribution in [2.24, 2.45) is 0 Å². The molecule has 1 amide bonds. The number of rotatable bonds is 9. The van der Waals surface area contributed by atoms with Gasteiger partial charge in [0.25, 0.3) is 0 Å². The average molecular weight is 312 g/mol. The van der Waals surface area contributed by atoms with Crippen LogP contribution in [0, 0.1) is 0 Å². The van der Waals surface area contributed by atoms with E-state index in [1.165, 1.54) is 12.0 Å². The maximum Gasteiger partial charge on any atom is 0.223 e. The molecule has 4 N–H and O–H groups in total. The van der Waals surface area contributed by atoms with Gasteiger partial charge in [0.05, 0.1) is 33.1 Å². The van der Waals surface area contributed by atoms with Gasteiger partial charge in [0.15, 0.2) is 0 Å². The van der Waals surface area contributed by atoms with Crippen LogP contribution in [0.1, 0.15) is 12.0 Å². The van der Waals surface area contributed by atoms with Gasteiger partial charge in [-0.05, 0) is 18.1 Å². The molecule has 0 radical (unpaired) electrons. The average Bonchev–Trinajstić information content (AvgIpc) is 2.52. The number of ether oxygens (including phenoxy) is 2. The van der Waals surface area contributed by atoms with E-state index in [4.69, 9.17) is 25.4 Å². The molecule has 0 atom stereocenters. The standard InChI is InChI=1S/C15H24N2O5/c1-21-13-10-14(22-2)12(16)9-11(13)3-4-15(20)17(5-7-18)6-8-19/h9-10,18-19H,3-8,16H2,1-2H3. The fourth-order valence-corrected chi connectivity index (χ4v) is 2.19. The van der Waals surface area contributed by atoms with Crippen molar-refractivity contribution >= 4 is 11.6 Å². The SMILES string of the molecule is COc1cc(OC)c(CCC(=O)N(CCO)CCO)cc1N. The van der Waals surface area contributed by atoms with E-state index in [2.05, 4.69) is 0 Å². The molecule has 0 aromatic heterocycles. The van der Waals surface area contributed by atoms with E-state index in [9.17, 15) is 4.79 Å². The molecule has 1 rings (SSSR count). The Bertz CT molecular complexity index is 487. The molecule has 1 aromatic rings. The molecule has 0 bridgehead atoms. The smallest absolute Gasteiger partial charge is 0.223 e. The fraction of sp³-hybridized carbons (Fsp3) is 0.533. The lowest BCUT2D eigenvalue weighted by atomic mass is 10.1. The largest absolute Gasteiger partial charge is 0.496 e. The van der Waals surface area contributed by atoms with Crippen LogP contribution in [0.5, 0.6) is 11.5 Å². The number of aliphatic hydroxyl groups excluding tert-OH is 2. The van der Waals surface area contributed by atoms with Crippen molar-refractivity contribution in [3.8, 4) is 11.5 Å². The highest BCUT2D eigenvalue weighted by Crippen LogP contribution is 2.31. The Kier molecular flexibility index (Phi) is 7.48. The summed E-state index contributed by atoms with van der Waals surface area (Å²) in [6, 6.07) is 3.42. The predicted molar refractivity (Wildman–Crippen MR) is 83.0 cm³/mol. The minimum atomic E-state index is -0.139. The lowest BCUT2D eigenvalue weighted by Gasteiger charge is -2.21. The van der Waals surface area contributed by atoms with Crippen LogP contribution in [0.2, 0.25) is 0 Å². The Balaban J connectivity index is 2.78. The first-order valence-electron chi connectivity index (χ1n) is 7.07. The maximum atomic E-state index is 12.1. The number of nitrogen functional groups attached to an aromatic ring is 1. The third-order valence-corrected chi connectivity index (χ3v) is 3.33.